The minimum absolute atomic E-state index is 0. The normalized spacial score (nSPS) is 15.2. The largest absolute Gasteiger partial charge is 0.296 e. The van der Waals surface area contributed by atoms with E-state index >= 15 is 0 Å². The van der Waals surface area contributed by atoms with Crippen molar-refractivity contribution in [1.29, 1.82) is 0 Å². The van der Waals surface area contributed by atoms with Gasteiger partial charge in [-0.25, -0.2) is 0 Å². The van der Waals surface area contributed by atoms with E-state index in [0.717, 1.165) is 16.8 Å². The molecule has 0 bridgehead atoms. The van der Waals surface area contributed by atoms with Crippen LogP contribution >= 0.6 is 0 Å². The molecule has 0 unspecified atom stereocenters. The van der Waals surface area contributed by atoms with Gasteiger partial charge in [-0.05, 0) is 52.8 Å². The Morgan fingerprint density at radius 1 is 0.759 bits per heavy atom. The second-order valence-corrected chi connectivity index (χ2v) is 8.17. The molecule has 6 rings (SSSR count). The fraction of sp³-hybridized carbons (Fsp3) is 0.222. The van der Waals surface area contributed by atoms with Crippen LogP contribution in [0.4, 0.5) is 0 Å². The summed E-state index contributed by atoms with van der Waals surface area (Å²) in [4.78, 5) is 5.05. The first kappa shape index (κ1) is 18.7. The van der Waals surface area contributed by atoms with Gasteiger partial charge in [0.15, 0.2) is 0 Å². The molecule has 29 heavy (non-hydrogen) atoms. The molecule has 0 amide bonds. The molecule has 1 radical (unpaired) electrons. The van der Waals surface area contributed by atoms with Gasteiger partial charge in [0, 0.05) is 25.5 Å². The Kier molecular flexibility index (Phi) is 4.86. The Morgan fingerprint density at radius 3 is 2.34 bits per heavy atom. The first-order valence-corrected chi connectivity index (χ1v) is 10.4. The summed E-state index contributed by atoms with van der Waals surface area (Å²) in [6.45, 7) is 0. The second kappa shape index (κ2) is 7.52. The predicted octanol–water partition coefficient (Wildman–Crippen LogP) is 7.39. The van der Waals surface area contributed by atoms with E-state index in [2.05, 4.69) is 72.8 Å². The third-order valence-electron chi connectivity index (χ3n) is 6.52. The molecule has 1 fully saturated rings. The monoisotopic (exact) mass is 553 g/mol. The Balaban J connectivity index is 0.00000181. The van der Waals surface area contributed by atoms with Gasteiger partial charge in [-0.2, -0.15) is 0 Å². The van der Waals surface area contributed by atoms with Gasteiger partial charge in [0.2, 0.25) is 0 Å². The molecule has 3 aromatic carbocycles. The van der Waals surface area contributed by atoms with Crippen LogP contribution in [0, 0.1) is 6.07 Å². The van der Waals surface area contributed by atoms with Crippen LogP contribution in [-0.4, -0.2) is 4.98 Å². The molecule has 4 aromatic rings. The summed E-state index contributed by atoms with van der Waals surface area (Å²) < 4.78 is 0. The molecule has 0 atom stereocenters. The summed E-state index contributed by atoms with van der Waals surface area (Å²) in [6, 6.07) is 27.6. The summed E-state index contributed by atoms with van der Waals surface area (Å²) in [5, 5.41) is 1.29. The van der Waals surface area contributed by atoms with Crippen LogP contribution in [0.15, 0.2) is 66.7 Å². The van der Waals surface area contributed by atoms with Crippen molar-refractivity contribution in [3.05, 3.63) is 78.4 Å². The number of rotatable bonds is 2. The molecular weight excluding hydrogens is 531 g/mol. The predicted molar refractivity (Wildman–Crippen MR) is 116 cm³/mol. The van der Waals surface area contributed by atoms with Crippen molar-refractivity contribution < 1.29 is 20.1 Å². The summed E-state index contributed by atoms with van der Waals surface area (Å²) in [6.07, 6.45) is 6.74. The molecule has 145 valence electrons. The number of benzene rings is 3. The minimum atomic E-state index is 0. The van der Waals surface area contributed by atoms with Crippen LogP contribution in [0.1, 0.15) is 43.6 Å². The van der Waals surface area contributed by atoms with Gasteiger partial charge in [0.1, 0.15) is 0 Å². The van der Waals surface area contributed by atoms with E-state index in [-0.39, 0.29) is 20.1 Å². The van der Waals surface area contributed by atoms with Gasteiger partial charge >= 0.3 is 0 Å². The second-order valence-electron chi connectivity index (χ2n) is 8.17. The van der Waals surface area contributed by atoms with Gasteiger partial charge in [-0.15, -0.1) is 35.4 Å². The van der Waals surface area contributed by atoms with Crippen LogP contribution < -0.4 is 0 Å². The zero-order chi connectivity index (χ0) is 18.5. The van der Waals surface area contributed by atoms with Crippen molar-refractivity contribution in [1.82, 2.24) is 4.98 Å². The number of hydrogen-bond donors (Lipinski definition) is 0. The van der Waals surface area contributed by atoms with Crippen molar-refractivity contribution in [3.8, 4) is 33.5 Å². The van der Waals surface area contributed by atoms with E-state index in [0.29, 0.717) is 5.92 Å². The number of fused-ring (bicyclic) bond motifs is 3. The number of nitrogens with zero attached hydrogens (tertiary/aromatic N) is 1. The molecule has 1 heterocycles. The fourth-order valence-electron chi connectivity index (χ4n) is 5.14. The SMILES string of the molecule is [Ir].[c-]1ccc(C2CCCCC2)cc1-c1cc2c3c(cccc3n1)-c1ccccc1-2. The molecule has 2 aliphatic carbocycles. The maximum atomic E-state index is 5.05. The van der Waals surface area contributed by atoms with Gasteiger partial charge in [0.25, 0.3) is 0 Å². The van der Waals surface area contributed by atoms with Crippen LogP contribution in [-0.2, 0) is 20.1 Å². The third-order valence-corrected chi connectivity index (χ3v) is 6.52. The number of aromatic nitrogens is 1. The smallest absolute Gasteiger partial charge is 0.0607 e. The Morgan fingerprint density at radius 2 is 1.52 bits per heavy atom. The maximum Gasteiger partial charge on any atom is 0.0607 e. The van der Waals surface area contributed by atoms with Crippen molar-refractivity contribution in [2.24, 2.45) is 0 Å². The zero-order valence-corrected chi connectivity index (χ0v) is 18.6. The maximum absolute atomic E-state index is 5.05. The summed E-state index contributed by atoms with van der Waals surface area (Å²) in [5.41, 5.74) is 9.95. The summed E-state index contributed by atoms with van der Waals surface area (Å²) in [5.74, 6) is 0.699. The first-order valence-electron chi connectivity index (χ1n) is 10.4. The van der Waals surface area contributed by atoms with Gasteiger partial charge < -0.3 is 0 Å². The fourth-order valence-corrected chi connectivity index (χ4v) is 5.14. The average Bonchev–Trinajstić information content (AvgIpc) is 3.10. The molecule has 1 nitrogen and oxygen atoms in total. The molecular formula is C27H22IrN-. The van der Waals surface area contributed by atoms with Gasteiger partial charge in [-0.3, -0.25) is 4.98 Å². The van der Waals surface area contributed by atoms with Crippen LogP contribution in [0.5, 0.6) is 0 Å². The number of hydrogen-bond acceptors (Lipinski definition) is 1. The molecule has 0 saturated heterocycles. The Bertz CT molecular complexity index is 1200. The molecule has 1 saturated carbocycles. The van der Waals surface area contributed by atoms with Crippen LogP contribution in [0.3, 0.4) is 0 Å². The average molecular weight is 553 g/mol. The standard InChI is InChI=1S/C27H22N.Ir/c1-2-8-18(9-3-1)19-10-6-11-20(16-19)26-17-24-22-13-5-4-12-21(22)23-14-7-15-25(28-26)27(23)24;/h4-7,10,12-18H,1-3,8-9H2;/q-1;. The summed E-state index contributed by atoms with van der Waals surface area (Å²) in [7, 11) is 0. The molecule has 0 aliphatic heterocycles. The van der Waals surface area contributed by atoms with E-state index in [1.54, 1.807) is 0 Å². The Labute approximate surface area is 185 Å². The van der Waals surface area contributed by atoms with Crippen molar-refractivity contribution in [3.63, 3.8) is 0 Å². The van der Waals surface area contributed by atoms with Crippen LogP contribution in [0.25, 0.3) is 44.4 Å². The van der Waals surface area contributed by atoms with Gasteiger partial charge in [-0.1, -0.05) is 61.7 Å². The van der Waals surface area contributed by atoms with Crippen molar-refractivity contribution in [2.75, 3.05) is 0 Å². The van der Waals surface area contributed by atoms with Gasteiger partial charge in [0.05, 0.1) is 5.52 Å². The summed E-state index contributed by atoms with van der Waals surface area (Å²) >= 11 is 0. The van der Waals surface area contributed by atoms with E-state index in [9.17, 15) is 0 Å². The first-order chi connectivity index (χ1) is 13.9. The Hall–Kier alpha value is -2.28. The quantitative estimate of drug-likeness (QED) is 0.208. The topological polar surface area (TPSA) is 12.9 Å². The number of pyridine rings is 1. The van der Waals surface area contributed by atoms with Crippen molar-refractivity contribution in [2.45, 2.75) is 38.0 Å². The van der Waals surface area contributed by atoms with E-state index < -0.39 is 0 Å². The van der Waals surface area contributed by atoms with Crippen molar-refractivity contribution >= 4 is 10.9 Å². The zero-order valence-electron chi connectivity index (χ0n) is 16.2. The molecule has 0 N–H and O–H groups in total. The molecule has 1 aromatic heterocycles. The molecule has 2 aliphatic rings. The van der Waals surface area contributed by atoms with E-state index in [1.165, 1.54) is 65.3 Å². The molecule has 2 heteroatoms. The minimum Gasteiger partial charge on any atom is -0.296 e. The molecule has 0 spiro atoms. The van der Waals surface area contributed by atoms with E-state index in [1.807, 2.05) is 0 Å². The third kappa shape index (κ3) is 3.06. The van der Waals surface area contributed by atoms with Crippen LogP contribution in [0.2, 0.25) is 0 Å². The van der Waals surface area contributed by atoms with E-state index in [4.69, 9.17) is 4.98 Å².